The van der Waals surface area contributed by atoms with E-state index in [9.17, 15) is 10.1 Å². The monoisotopic (exact) mass is 237 g/mol. The SMILES string of the molecule is CNCC(C)CNc1c(C)cccc1[N+](=O)[O-]. The molecule has 1 atom stereocenters. The fourth-order valence-corrected chi connectivity index (χ4v) is 1.73. The van der Waals surface area contributed by atoms with Gasteiger partial charge in [0.15, 0.2) is 0 Å². The molecule has 0 aliphatic carbocycles. The fourth-order valence-electron chi connectivity index (χ4n) is 1.73. The van der Waals surface area contributed by atoms with Crippen molar-refractivity contribution < 1.29 is 4.92 Å². The van der Waals surface area contributed by atoms with Crippen molar-refractivity contribution in [1.29, 1.82) is 0 Å². The van der Waals surface area contributed by atoms with Crippen molar-refractivity contribution in [2.75, 3.05) is 25.5 Å². The van der Waals surface area contributed by atoms with Gasteiger partial charge in [0.25, 0.3) is 5.69 Å². The van der Waals surface area contributed by atoms with Crippen LogP contribution in [0.1, 0.15) is 12.5 Å². The Bertz CT molecular complexity index is 393. The largest absolute Gasteiger partial charge is 0.379 e. The van der Waals surface area contributed by atoms with Gasteiger partial charge in [-0.15, -0.1) is 0 Å². The Morgan fingerprint density at radius 1 is 1.41 bits per heavy atom. The molecule has 1 unspecified atom stereocenters. The van der Waals surface area contributed by atoms with Gasteiger partial charge in [0.1, 0.15) is 5.69 Å². The molecule has 5 heteroatoms. The van der Waals surface area contributed by atoms with Crippen LogP contribution in [-0.2, 0) is 0 Å². The lowest BCUT2D eigenvalue weighted by Gasteiger charge is -2.14. The minimum Gasteiger partial charge on any atom is -0.379 e. The average Bonchev–Trinajstić information content (AvgIpc) is 2.27. The third kappa shape index (κ3) is 3.71. The number of hydrogen-bond donors (Lipinski definition) is 2. The van der Waals surface area contributed by atoms with Crippen molar-refractivity contribution in [2.45, 2.75) is 13.8 Å². The van der Waals surface area contributed by atoms with Crippen molar-refractivity contribution in [2.24, 2.45) is 5.92 Å². The fraction of sp³-hybridized carbons (Fsp3) is 0.500. The topological polar surface area (TPSA) is 67.2 Å². The van der Waals surface area contributed by atoms with Crippen LogP contribution < -0.4 is 10.6 Å². The van der Waals surface area contributed by atoms with Crippen LogP contribution in [0.4, 0.5) is 11.4 Å². The normalized spacial score (nSPS) is 12.2. The Kier molecular flexibility index (Phi) is 4.90. The Hall–Kier alpha value is -1.62. The molecular weight excluding hydrogens is 218 g/mol. The van der Waals surface area contributed by atoms with Crippen LogP contribution >= 0.6 is 0 Å². The van der Waals surface area contributed by atoms with E-state index in [-0.39, 0.29) is 10.6 Å². The summed E-state index contributed by atoms with van der Waals surface area (Å²) >= 11 is 0. The van der Waals surface area contributed by atoms with Gasteiger partial charge < -0.3 is 10.6 Å². The summed E-state index contributed by atoms with van der Waals surface area (Å²) in [5.41, 5.74) is 1.66. The van der Waals surface area contributed by atoms with Crippen LogP contribution in [0.3, 0.4) is 0 Å². The third-order valence-corrected chi connectivity index (χ3v) is 2.63. The molecule has 0 saturated heterocycles. The molecule has 0 spiro atoms. The highest BCUT2D eigenvalue weighted by Gasteiger charge is 2.15. The molecule has 1 aromatic carbocycles. The van der Waals surface area contributed by atoms with Gasteiger partial charge in [0, 0.05) is 12.6 Å². The Morgan fingerprint density at radius 2 is 2.12 bits per heavy atom. The first-order valence-electron chi connectivity index (χ1n) is 5.68. The summed E-state index contributed by atoms with van der Waals surface area (Å²) in [4.78, 5) is 10.5. The lowest BCUT2D eigenvalue weighted by molar-refractivity contribution is -0.384. The van der Waals surface area contributed by atoms with E-state index in [1.165, 1.54) is 6.07 Å². The van der Waals surface area contributed by atoms with Crippen molar-refractivity contribution in [1.82, 2.24) is 5.32 Å². The summed E-state index contributed by atoms with van der Waals surface area (Å²) in [7, 11) is 1.90. The molecule has 1 rings (SSSR count). The van der Waals surface area contributed by atoms with Crippen LogP contribution in [-0.4, -0.2) is 25.1 Å². The molecule has 1 aromatic rings. The van der Waals surface area contributed by atoms with Crippen LogP contribution in [0, 0.1) is 23.0 Å². The highest BCUT2D eigenvalue weighted by Crippen LogP contribution is 2.27. The number of nitro benzene ring substituents is 1. The molecule has 0 aliphatic heterocycles. The lowest BCUT2D eigenvalue weighted by atomic mass is 10.1. The number of anilines is 1. The summed E-state index contributed by atoms with van der Waals surface area (Å²) in [5, 5.41) is 17.1. The number of nitrogens with one attached hydrogen (secondary N) is 2. The molecule has 94 valence electrons. The smallest absolute Gasteiger partial charge is 0.292 e. The summed E-state index contributed by atoms with van der Waals surface area (Å²) in [6.45, 7) is 5.56. The number of nitro groups is 1. The molecule has 0 bridgehead atoms. The van der Waals surface area contributed by atoms with Crippen LogP contribution in [0.5, 0.6) is 0 Å². The molecule has 0 amide bonds. The zero-order valence-electron chi connectivity index (χ0n) is 10.5. The van der Waals surface area contributed by atoms with Crippen molar-refractivity contribution >= 4 is 11.4 Å². The molecule has 0 saturated carbocycles. The zero-order valence-corrected chi connectivity index (χ0v) is 10.5. The summed E-state index contributed by atoms with van der Waals surface area (Å²) in [5.74, 6) is 0.416. The zero-order chi connectivity index (χ0) is 12.8. The molecule has 0 aliphatic rings. The van der Waals surface area contributed by atoms with Crippen molar-refractivity contribution in [3.05, 3.63) is 33.9 Å². The molecule has 17 heavy (non-hydrogen) atoms. The van der Waals surface area contributed by atoms with E-state index < -0.39 is 0 Å². The van der Waals surface area contributed by atoms with Crippen LogP contribution in [0.2, 0.25) is 0 Å². The minimum absolute atomic E-state index is 0.140. The number of hydrogen-bond acceptors (Lipinski definition) is 4. The maximum absolute atomic E-state index is 10.9. The maximum Gasteiger partial charge on any atom is 0.292 e. The predicted molar refractivity (Wildman–Crippen MR) is 69.4 cm³/mol. The number of nitrogens with zero attached hydrogens (tertiary/aromatic N) is 1. The molecular formula is C12H19N3O2. The Labute approximate surface area is 101 Å². The van der Waals surface area contributed by atoms with Crippen LogP contribution in [0.25, 0.3) is 0 Å². The number of rotatable bonds is 6. The van der Waals surface area contributed by atoms with E-state index in [1.54, 1.807) is 6.07 Å². The molecule has 0 radical (unpaired) electrons. The quantitative estimate of drug-likeness (QED) is 0.587. The van der Waals surface area contributed by atoms with Gasteiger partial charge in [0.2, 0.25) is 0 Å². The molecule has 5 nitrogen and oxygen atoms in total. The van der Waals surface area contributed by atoms with Gasteiger partial charge in [-0.2, -0.15) is 0 Å². The summed E-state index contributed by atoms with van der Waals surface area (Å²) in [6.07, 6.45) is 0. The number of aryl methyl sites for hydroxylation is 1. The molecule has 0 fully saturated rings. The lowest BCUT2D eigenvalue weighted by Crippen LogP contribution is -2.23. The van der Waals surface area contributed by atoms with E-state index in [0.717, 1.165) is 12.1 Å². The molecule has 2 N–H and O–H groups in total. The Morgan fingerprint density at radius 3 is 2.71 bits per heavy atom. The second kappa shape index (κ2) is 6.20. The average molecular weight is 237 g/mol. The van der Waals surface area contributed by atoms with E-state index in [4.69, 9.17) is 0 Å². The van der Waals surface area contributed by atoms with Gasteiger partial charge in [-0.1, -0.05) is 19.1 Å². The highest BCUT2D eigenvalue weighted by atomic mass is 16.6. The number of para-hydroxylation sites is 1. The van der Waals surface area contributed by atoms with Gasteiger partial charge >= 0.3 is 0 Å². The minimum atomic E-state index is -0.349. The van der Waals surface area contributed by atoms with Gasteiger partial charge in [-0.05, 0) is 32.0 Å². The van der Waals surface area contributed by atoms with Gasteiger partial charge in [-0.25, -0.2) is 0 Å². The second-order valence-electron chi connectivity index (χ2n) is 4.27. The first kappa shape index (κ1) is 13.4. The Balaban J connectivity index is 2.79. The highest BCUT2D eigenvalue weighted by molar-refractivity contribution is 5.65. The van der Waals surface area contributed by atoms with Crippen molar-refractivity contribution in [3.63, 3.8) is 0 Å². The standard InChI is InChI=1S/C12H19N3O2/c1-9(7-13-3)8-14-12-10(2)5-4-6-11(12)15(16)17/h4-6,9,13-14H,7-8H2,1-3H3. The second-order valence-corrected chi connectivity index (χ2v) is 4.27. The van der Waals surface area contributed by atoms with Crippen LogP contribution in [0.15, 0.2) is 18.2 Å². The van der Waals surface area contributed by atoms with Gasteiger partial charge in [-0.3, -0.25) is 10.1 Å². The maximum atomic E-state index is 10.9. The van der Waals surface area contributed by atoms with E-state index in [1.807, 2.05) is 20.0 Å². The van der Waals surface area contributed by atoms with E-state index in [0.29, 0.717) is 18.2 Å². The van der Waals surface area contributed by atoms with E-state index in [2.05, 4.69) is 17.6 Å². The summed E-state index contributed by atoms with van der Waals surface area (Å²) in [6, 6.07) is 5.10. The van der Waals surface area contributed by atoms with Gasteiger partial charge in [0.05, 0.1) is 4.92 Å². The molecule has 0 heterocycles. The van der Waals surface area contributed by atoms with Crippen molar-refractivity contribution in [3.8, 4) is 0 Å². The van der Waals surface area contributed by atoms with E-state index >= 15 is 0 Å². The predicted octanol–water partition coefficient (Wildman–Crippen LogP) is 2.17. The first-order chi connectivity index (χ1) is 8.06. The molecule has 0 aromatic heterocycles. The summed E-state index contributed by atoms with van der Waals surface area (Å²) < 4.78 is 0. The first-order valence-corrected chi connectivity index (χ1v) is 5.68. The third-order valence-electron chi connectivity index (χ3n) is 2.63. The number of benzene rings is 1.